The molecule has 0 spiro atoms. The minimum atomic E-state index is -0.309. The van der Waals surface area contributed by atoms with Crippen LogP contribution in [0.3, 0.4) is 0 Å². The van der Waals surface area contributed by atoms with E-state index in [2.05, 4.69) is 37.9 Å². The van der Waals surface area contributed by atoms with Crippen molar-refractivity contribution in [2.45, 2.75) is 18.9 Å². The monoisotopic (exact) mass is 228 g/mol. The van der Waals surface area contributed by atoms with Gasteiger partial charge in [-0.2, -0.15) is 37.9 Å². The van der Waals surface area contributed by atoms with Gasteiger partial charge in [0.05, 0.1) is 0 Å². The van der Waals surface area contributed by atoms with Crippen LogP contribution in [0.2, 0.25) is 0 Å². The van der Waals surface area contributed by atoms with Gasteiger partial charge in [-0.1, -0.05) is 0 Å². The van der Waals surface area contributed by atoms with E-state index in [9.17, 15) is 0 Å². The van der Waals surface area contributed by atoms with E-state index in [1.165, 1.54) is 0 Å². The molecule has 0 aromatic rings. The summed E-state index contributed by atoms with van der Waals surface area (Å²) in [4.78, 5) is 0. The molecule has 72 valence electrons. The van der Waals surface area contributed by atoms with Crippen molar-refractivity contribution in [2.24, 2.45) is 0 Å². The number of ether oxygens (including phenoxy) is 3. The Morgan fingerprint density at radius 1 is 0.667 bits per heavy atom. The summed E-state index contributed by atoms with van der Waals surface area (Å²) in [6, 6.07) is 0. The summed E-state index contributed by atoms with van der Waals surface area (Å²) in [6.45, 7) is 0. The SMILES string of the molecule is SCC1OC(CS)OC(CS)O1. The fourth-order valence-electron chi connectivity index (χ4n) is 0.862. The molecule has 0 atom stereocenters. The standard InChI is InChI=1S/C6H12O3S3/c10-1-4-7-5(2-11)9-6(3-12)8-4/h4-6,10-12H,1-3H2. The molecule has 0 bridgehead atoms. The van der Waals surface area contributed by atoms with Crippen molar-refractivity contribution in [2.75, 3.05) is 17.3 Å². The summed E-state index contributed by atoms with van der Waals surface area (Å²) >= 11 is 12.2. The molecule has 0 aliphatic carbocycles. The van der Waals surface area contributed by atoms with Gasteiger partial charge >= 0.3 is 0 Å². The Morgan fingerprint density at radius 2 is 0.917 bits per heavy atom. The Balaban J connectivity index is 2.41. The van der Waals surface area contributed by atoms with Crippen LogP contribution in [-0.4, -0.2) is 36.1 Å². The summed E-state index contributed by atoms with van der Waals surface area (Å²) in [5.41, 5.74) is 0. The minimum absolute atomic E-state index is 0.309. The molecule has 0 aromatic carbocycles. The van der Waals surface area contributed by atoms with Crippen molar-refractivity contribution in [3.63, 3.8) is 0 Å². The van der Waals surface area contributed by atoms with Gasteiger partial charge in [0.25, 0.3) is 0 Å². The molecule has 0 amide bonds. The highest BCUT2D eigenvalue weighted by atomic mass is 32.1. The van der Waals surface area contributed by atoms with E-state index in [0.717, 1.165) is 0 Å². The Kier molecular flexibility index (Phi) is 5.15. The van der Waals surface area contributed by atoms with Crippen LogP contribution in [0.4, 0.5) is 0 Å². The van der Waals surface area contributed by atoms with E-state index in [1.54, 1.807) is 0 Å². The van der Waals surface area contributed by atoms with Gasteiger partial charge in [-0.15, -0.1) is 0 Å². The summed E-state index contributed by atoms with van der Waals surface area (Å²) in [7, 11) is 0. The maximum Gasteiger partial charge on any atom is 0.172 e. The van der Waals surface area contributed by atoms with Gasteiger partial charge in [-0.25, -0.2) is 0 Å². The molecule has 0 radical (unpaired) electrons. The molecule has 1 heterocycles. The van der Waals surface area contributed by atoms with Gasteiger partial charge < -0.3 is 14.2 Å². The van der Waals surface area contributed by atoms with Crippen LogP contribution in [0.15, 0.2) is 0 Å². The van der Waals surface area contributed by atoms with E-state index >= 15 is 0 Å². The van der Waals surface area contributed by atoms with Crippen LogP contribution < -0.4 is 0 Å². The lowest BCUT2D eigenvalue weighted by Gasteiger charge is -2.33. The summed E-state index contributed by atoms with van der Waals surface area (Å²) in [6.07, 6.45) is -0.927. The van der Waals surface area contributed by atoms with Crippen LogP contribution in [0.25, 0.3) is 0 Å². The lowest BCUT2D eigenvalue weighted by atomic mass is 10.6. The number of rotatable bonds is 3. The molecule has 1 aliphatic rings. The van der Waals surface area contributed by atoms with Crippen molar-refractivity contribution in [1.82, 2.24) is 0 Å². The lowest BCUT2D eigenvalue weighted by Crippen LogP contribution is -2.43. The molecule has 6 heteroatoms. The van der Waals surface area contributed by atoms with Crippen molar-refractivity contribution in [3.05, 3.63) is 0 Å². The molecule has 1 rings (SSSR count). The van der Waals surface area contributed by atoms with E-state index < -0.39 is 0 Å². The molecule has 1 aliphatic heterocycles. The first-order valence-corrected chi connectivity index (χ1v) is 5.49. The molecule has 1 fully saturated rings. The van der Waals surface area contributed by atoms with E-state index in [-0.39, 0.29) is 18.9 Å². The van der Waals surface area contributed by atoms with Crippen LogP contribution in [0.1, 0.15) is 0 Å². The molecular formula is C6H12O3S3. The summed E-state index contributed by atoms with van der Waals surface area (Å²) in [5, 5.41) is 0. The molecule has 0 saturated carbocycles. The second-order valence-corrected chi connectivity index (χ2v) is 3.34. The van der Waals surface area contributed by atoms with Gasteiger partial charge in [0.15, 0.2) is 18.9 Å². The predicted molar refractivity (Wildman–Crippen MR) is 56.2 cm³/mol. The Hall–Kier alpha value is 0.930. The van der Waals surface area contributed by atoms with Crippen molar-refractivity contribution in [3.8, 4) is 0 Å². The first-order chi connectivity index (χ1) is 5.80. The van der Waals surface area contributed by atoms with E-state index in [4.69, 9.17) is 14.2 Å². The van der Waals surface area contributed by atoms with Crippen molar-refractivity contribution in [1.29, 1.82) is 0 Å². The van der Waals surface area contributed by atoms with E-state index in [0.29, 0.717) is 17.3 Å². The average Bonchev–Trinajstić information content (AvgIpc) is 2.16. The van der Waals surface area contributed by atoms with Gasteiger partial charge in [-0.05, 0) is 0 Å². The first kappa shape index (κ1) is 11.0. The molecule has 1 saturated heterocycles. The highest BCUT2D eigenvalue weighted by molar-refractivity contribution is 7.80. The number of hydrogen-bond donors (Lipinski definition) is 3. The average molecular weight is 228 g/mol. The fraction of sp³-hybridized carbons (Fsp3) is 1.00. The topological polar surface area (TPSA) is 27.7 Å². The van der Waals surface area contributed by atoms with Crippen LogP contribution in [-0.2, 0) is 14.2 Å². The summed E-state index contributed by atoms with van der Waals surface area (Å²) in [5.74, 6) is 1.54. The Bertz CT molecular complexity index is 105. The molecule has 3 nitrogen and oxygen atoms in total. The molecular weight excluding hydrogens is 216 g/mol. The number of thiol groups is 3. The van der Waals surface area contributed by atoms with E-state index in [1.807, 2.05) is 0 Å². The second-order valence-electron chi connectivity index (χ2n) is 2.24. The van der Waals surface area contributed by atoms with Crippen molar-refractivity contribution < 1.29 is 14.2 Å². The third-order valence-electron chi connectivity index (χ3n) is 1.36. The zero-order valence-electron chi connectivity index (χ0n) is 6.42. The zero-order chi connectivity index (χ0) is 8.97. The largest absolute Gasteiger partial charge is 0.322 e. The third kappa shape index (κ3) is 3.01. The maximum atomic E-state index is 5.29. The highest BCUT2D eigenvalue weighted by Gasteiger charge is 2.27. The Morgan fingerprint density at radius 3 is 1.08 bits per heavy atom. The predicted octanol–water partition coefficient (Wildman–Crippen LogP) is 0.817. The summed E-state index contributed by atoms with van der Waals surface area (Å²) < 4.78 is 15.9. The van der Waals surface area contributed by atoms with Gasteiger partial charge in [0.2, 0.25) is 0 Å². The molecule has 0 unspecified atom stereocenters. The fourth-order valence-corrected chi connectivity index (χ4v) is 1.38. The third-order valence-corrected chi connectivity index (χ3v) is 2.25. The van der Waals surface area contributed by atoms with Crippen LogP contribution in [0, 0.1) is 0 Å². The number of hydrogen-bond acceptors (Lipinski definition) is 6. The highest BCUT2D eigenvalue weighted by Crippen LogP contribution is 2.18. The minimum Gasteiger partial charge on any atom is -0.322 e. The maximum absolute atomic E-state index is 5.29. The molecule has 0 aromatic heterocycles. The first-order valence-electron chi connectivity index (χ1n) is 3.59. The van der Waals surface area contributed by atoms with Gasteiger partial charge in [0, 0.05) is 17.3 Å². The molecule has 0 N–H and O–H groups in total. The van der Waals surface area contributed by atoms with Crippen LogP contribution >= 0.6 is 37.9 Å². The van der Waals surface area contributed by atoms with Crippen LogP contribution in [0.5, 0.6) is 0 Å². The van der Waals surface area contributed by atoms with Gasteiger partial charge in [0.1, 0.15) is 0 Å². The Labute approximate surface area is 88.4 Å². The smallest absolute Gasteiger partial charge is 0.172 e. The van der Waals surface area contributed by atoms with Crippen molar-refractivity contribution >= 4 is 37.9 Å². The molecule has 12 heavy (non-hydrogen) atoms. The van der Waals surface area contributed by atoms with Gasteiger partial charge in [-0.3, -0.25) is 0 Å². The zero-order valence-corrected chi connectivity index (χ0v) is 9.10. The second kappa shape index (κ2) is 5.62. The quantitative estimate of drug-likeness (QED) is 0.624. The lowest BCUT2D eigenvalue weighted by molar-refractivity contribution is -0.362. The normalized spacial score (nSPS) is 36.8.